The highest BCUT2D eigenvalue weighted by molar-refractivity contribution is 5.73. The molecule has 1 heterocycles. The van der Waals surface area contributed by atoms with Gasteiger partial charge in [-0.15, -0.1) is 0 Å². The Morgan fingerprint density at radius 2 is 2.18 bits per heavy atom. The molecule has 2 N–H and O–H groups in total. The molecule has 0 radical (unpaired) electrons. The molecule has 0 saturated heterocycles. The van der Waals surface area contributed by atoms with Crippen LogP contribution >= 0.6 is 0 Å². The smallest absolute Gasteiger partial charge is 0.314 e. The van der Waals surface area contributed by atoms with E-state index in [1.807, 2.05) is 32.4 Å². The summed E-state index contributed by atoms with van der Waals surface area (Å²) >= 11 is 0. The lowest BCUT2D eigenvalue weighted by molar-refractivity contribution is 0.238. The van der Waals surface area contributed by atoms with Crippen molar-refractivity contribution >= 4 is 6.03 Å². The zero-order valence-electron chi connectivity index (χ0n) is 11.1. The molecule has 0 aliphatic rings. The maximum Gasteiger partial charge on any atom is 0.314 e. The van der Waals surface area contributed by atoms with Gasteiger partial charge in [0.25, 0.3) is 0 Å². The number of amides is 2. The first-order valence-corrected chi connectivity index (χ1v) is 6.04. The molecule has 1 aromatic rings. The fraction of sp³-hybridized carbons (Fsp3) is 0.667. The summed E-state index contributed by atoms with van der Waals surface area (Å²) in [5.74, 6) is 0. The predicted octanol–water partition coefficient (Wildman–Crippen LogP) is 1.60. The van der Waals surface area contributed by atoms with Gasteiger partial charge in [-0.25, -0.2) is 4.79 Å². The van der Waals surface area contributed by atoms with Crippen molar-refractivity contribution in [2.24, 2.45) is 0 Å². The second-order valence-electron chi connectivity index (χ2n) is 4.56. The molecule has 0 spiro atoms. The van der Waals surface area contributed by atoms with Gasteiger partial charge in [-0.1, -0.05) is 0 Å². The average Bonchev–Trinajstić information content (AvgIpc) is 2.51. The van der Waals surface area contributed by atoms with Gasteiger partial charge in [-0.3, -0.25) is 4.68 Å². The van der Waals surface area contributed by atoms with E-state index < -0.39 is 0 Å². The minimum absolute atomic E-state index is 0.103. The monoisotopic (exact) mass is 238 g/mol. The first-order chi connectivity index (χ1) is 7.99. The highest BCUT2D eigenvalue weighted by Crippen LogP contribution is 2.02. The summed E-state index contributed by atoms with van der Waals surface area (Å²) in [6, 6.07) is 2.12. The van der Waals surface area contributed by atoms with Crippen molar-refractivity contribution in [3.63, 3.8) is 0 Å². The van der Waals surface area contributed by atoms with Crippen LogP contribution in [0.15, 0.2) is 6.07 Å². The number of aromatic nitrogens is 2. The molecular formula is C12H22N4O. The Kier molecular flexibility index (Phi) is 5.00. The van der Waals surface area contributed by atoms with Crippen molar-refractivity contribution in [1.29, 1.82) is 0 Å². The molecule has 5 nitrogen and oxygen atoms in total. The van der Waals surface area contributed by atoms with Crippen LogP contribution in [0.3, 0.4) is 0 Å². The molecule has 0 saturated carbocycles. The quantitative estimate of drug-likeness (QED) is 0.765. The molecule has 2 amide bonds. The van der Waals surface area contributed by atoms with Gasteiger partial charge in [-0.05, 0) is 40.2 Å². The number of aryl methyl sites for hydroxylation is 3. The lowest BCUT2D eigenvalue weighted by atomic mass is 10.4. The Bertz CT molecular complexity index is 371. The van der Waals surface area contributed by atoms with Gasteiger partial charge in [0.15, 0.2) is 0 Å². The summed E-state index contributed by atoms with van der Waals surface area (Å²) in [5, 5.41) is 9.97. The van der Waals surface area contributed by atoms with Gasteiger partial charge in [0.05, 0.1) is 5.69 Å². The second kappa shape index (κ2) is 6.27. The highest BCUT2D eigenvalue weighted by atomic mass is 16.2. The molecular weight excluding hydrogens is 216 g/mol. The summed E-state index contributed by atoms with van der Waals surface area (Å²) in [5.41, 5.74) is 2.20. The Morgan fingerprint density at radius 3 is 2.71 bits per heavy atom. The van der Waals surface area contributed by atoms with Gasteiger partial charge in [0.1, 0.15) is 0 Å². The molecule has 0 atom stereocenters. The molecule has 96 valence electrons. The Balaban J connectivity index is 2.20. The van der Waals surface area contributed by atoms with Crippen molar-refractivity contribution < 1.29 is 4.79 Å². The van der Waals surface area contributed by atoms with E-state index in [0.717, 1.165) is 24.4 Å². The van der Waals surface area contributed by atoms with E-state index in [9.17, 15) is 4.79 Å². The first-order valence-electron chi connectivity index (χ1n) is 6.04. The maximum absolute atomic E-state index is 11.3. The number of nitrogens with zero attached hydrogens (tertiary/aromatic N) is 2. The van der Waals surface area contributed by atoms with Crippen molar-refractivity contribution in [2.75, 3.05) is 6.54 Å². The lowest BCUT2D eigenvalue weighted by Gasteiger charge is -2.10. The number of carbonyl (C=O) groups is 1. The van der Waals surface area contributed by atoms with Crippen molar-refractivity contribution in [3.05, 3.63) is 17.5 Å². The molecule has 0 unspecified atom stereocenters. The molecule has 17 heavy (non-hydrogen) atoms. The van der Waals surface area contributed by atoms with E-state index in [2.05, 4.69) is 21.8 Å². The predicted molar refractivity (Wildman–Crippen MR) is 68.0 cm³/mol. The summed E-state index contributed by atoms with van der Waals surface area (Å²) in [6.45, 7) is 9.40. The Labute approximate surface area is 103 Å². The van der Waals surface area contributed by atoms with Crippen LogP contribution in [-0.4, -0.2) is 28.4 Å². The number of urea groups is 1. The minimum Gasteiger partial charge on any atom is -0.338 e. The maximum atomic E-state index is 11.3. The van der Waals surface area contributed by atoms with Gasteiger partial charge in [0, 0.05) is 24.8 Å². The Morgan fingerprint density at radius 1 is 1.47 bits per heavy atom. The molecule has 0 aliphatic heterocycles. The first kappa shape index (κ1) is 13.5. The second-order valence-corrected chi connectivity index (χ2v) is 4.56. The number of hydrogen-bond donors (Lipinski definition) is 2. The van der Waals surface area contributed by atoms with Crippen LogP contribution in [0.1, 0.15) is 31.7 Å². The average molecular weight is 238 g/mol. The van der Waals surface area contributed by atoms with Crippen LogP contribution < -0.4 is 10.6 Å². The van der Waals surface area contributed by atoms with Crippen molar-refractivity contribution in [2.45, 2.75) is 46.7 Å². The van der Waals surface area contributed by atoms with Crippen LogP contribution in [-0.2, 0) is 6.54 Å². The molecule has 0 fully saturated rings. The van der Waals surface area contributed by atoms with E-state index in [1.165, 1.54) is 0 Å². The van der Waals surface area contributed by atoms with Gasteiger partial charge < -0.3 is 10.6 Å². The number of rotatable bonds is 5. The zero-order chi connectivity index (χ0) is 12.8. The minimum atomic E-state index is -0.103. The Hall–Kier alpha value is -1.52. The van der Waals surface area contributed by atoms with Gasteiger partial charge in [0.2, 0.25) is 0 Å². The van der Waals surface area contributed by atoms with Crippen LogP contribution in [0.5, 0.6) is 0 Å². The standard InChI is InChI=1S/C12H22N4O/c1-9(2)14-12(17)13-6-5-7-16-11(4)8-10(3)15-16/h8-9H,5-7H2,1-4H3,(H2,13,14,17). The van der Waals surface area contributed by atoms with Gasteiger partial charge in [-0.2, -0.15) is 5.10 Å². The number of carbonyl (C=O) groups excluding carboxylic acids is 1. The highest BCUT2D eigenvalue weighted by Gasteiger charge is 2.02. The van der Waals surface area contributed by atoms with Crippen molar-refractivity contribution in [3.8, 4) is 0 Å². The largest absolute Gasteiger partial charge is 0.338 e. The SMILES string of the molecule is Cc1cc(C)n(CCCNC(=O)NC(C)C)n1. The molecule has 1 rings (SSSR count). The molecule has 0 bridgehead atoms. The summed E-state index contributed by atoms with van der Waals surface area (Å²) < 4.78 is 1.97. The van der Waals surface area contributed by atoms with E-state index >= 15 is 0 Å². The zero-order valence-corrected chi connectivity index (χ0v) is 11.1. The molecule has 5 heteroatoms. The fourth-order valence-corrected chi connectivity index (χ4v) is 1.65. The molecule has 0 aromatic carbocycles. The van der Waals surface area contributed by atoms with E-state index in [0.29, 0.717) is 6.54 Å². The van der Waals surface area contributed by atoms with Gasteiger partial charge >= 0.3 is 6.03 Å². The number of nitrogens with one attached hydrogen (secondary N) is 2. The van der Waals surface area contributed by atoms with Crippen LogP contribution in [0.4, 0.5) is 4.79 Å². The van der Waals surface area contributed by atoms with E-state index in [4.69, 9.17) is 0 Å². The van der Waals surface area contributed by atoms with E-state index in [-0.39, 0.29) is 12.1 Å². The fourth-order valence-electron chi connectivity index (χ4n) is 1.65. The molecule has 1 aromatic heterocycles. The number of hydrogen-bond acceptors (Lipinski definition) is 2. The third kappa shape index (κ3) is 4.89. The van der Waals surface area contributed by atoms with Crippen LogP contribution in [0, 0.1) is 13.8 Å². The summed E-state index contributed by atoms with van der Waals surface area (Å²) in [7, 11) is 0. The summed E-state index contributed by atoms with van der Waals surface area (Å²) in [6.07, 6.45) is 0.882. The van der Waals surface area contributed by atoms with Crippen LogP contribution in [0.25, 0.3) is 0 Å². The third-order valence-electron chi connectivity index (χ3n) is 2.36. The molecule has 0 aliphatic carbocycles. The van der Waals surface area contributed by atoms with Crippen molar-refractivity contribution in [1.82, 2.24) is 20.4 Å². The van der Waals surface area contributed by atoms with E-state index in [1.54, 1.807) is 0 Å². The summed E-state index contributed by atoms with van der Waals surface area (Å²) in [4.78, 5) is 11.3. The van der Waals surface area contributed by atoms with Crippen LogP contribution in [0.2, 0.25) is 0 Å². The topological polar surface area (TPSA) is 59.0 Å². The lowest BCUT2D eigenvalue weighted by Crippen LogP contribution is -2.40. The third-order valence-corrected chi connectivity index (χ3v) is 2.36. The normalized spacial score (nSPS) is 10.6.